The van der Waals surface area contributed by atoms with E-state index < -0.39 is 0 Å². The summed E-state index contributed by atoms with van der Waals surface area (Å²) in [6.07, 6.45) is 16.1. The minimum atomic E-state index is 0.418. The Morgan fingerprint density at radius 1 is 1.14 bits per heavy atom. The molecule has 0 aromatic heterocycles. The summed E-state index contributed by atoms with van der Waals surface area (Å²) >= 11 is 0. The van der Waals surface area contributed by atoms with E-state index in [2.05, 4.69) is 72.8 Å². The molecule has 5 nitrogen and oxygen atoms in total. The maximum Gasteiger partial charge on any atom is 0.150 e. The molecule has 1 unspecified atom stereocenters. The highest BCUT2D eigenvalue weighted by Crippen LogP contribution is 2.25. The molecule has 37 heavy (non-hydrogen) atoms. The minimum Gasteiger partial charge on any atom is -0.381 e. The summed E-state index contributed by atoms with van der Waals surface area (Å²) in [5.41, 5.74) is 4.74. The number of benzene rings is 1. The van der Waals surface area contributed by atoms with Crippen LogP contribution in [-0.4, -0.2) is 81.7 Å². The van der Waals surface area contributed by atoms with E-state index in [0.717, 1.165) is 76.9 Å². The molecule has 1 saturated heterocycles. The van der Waals surface area contributed by atoms with Crippen LogP contribution < -0.4 is 4.90 Å². The lowest BCUT2D eigenvalue weighted by Gasteiger charge is -2.31. The standard InChI is InChI=1S/C32H53N3O2/c1-6-8-10-19-35(32-26-29(27-36)14-15-30(32)12-9-7-2)25-24-34(20-16-28(3)4)23-22-33-18-11-13-31(37-5)17-21-33/h6,8,14-16,26-27,31H,7,9-13,17-25H2,1-5H3/b8-6-. The van der Waals surface area contributed by atoms with Gasteiger partial charge in [-0.15, -0.1) is 0 Å². The summed E-state index contributed by atoms with van der Waals surface area (Å²) in [6, 6.07) is 6.25. The molecule has 1 aliphatic heterocycles. The van der Waals surface area contributed by atoms with E-state index in [1.54, 1.807) is 0 Å². The third-order valence-electron chi connectivity index (χ3n) is 7.46. The molecule has 1 atom stereocenters. The van der Waals surface area contributed by atoms with Crippen molar-refractivity contribution in [2.75, 3.05) is 64.4 Å². The van der Waals surface area contributed by atoms with Crippen molar-refractivity contribution in [1.29, 1.82) is 0 Å². The first kappa shape index (κ1) is 31.3. The summed E-state index contributed by atoms with van der Waals surface area (Å²) in [6.45, 7) is 17.1. The molecule has 0 amide bonds. The van der Waals surface area contributed by atoms with Gasteiger partial charge in [0.2, 0.25) is 0 Å². The zero-order valence-electron chi connectivity index (χ0n) is 24.4. The molecule has 0 N–H and O–H groups in total. The monoisotopic (exact) mass is 511 g/mol. The molecule has 5 heteroatoms. The van der Waals surface area contributed by atoms with Gasteiger partial charge >= 0.3 is 0 Å². The van der Waals surface area contributed by atoms with Crippen molar-refractivity contribution in [3.63, 3.8) is 0 Å². The fourth-order valence-corrected chi connectivity index (χ4v) is 5.01. The van der Waals surface area contributed by atoms with Gasteiger partial charge in [-0.25, -0.2) is 0 Å². The van der Waals surface area contributed by atoms with Crippen molar-refractivity contribution in [3.05, 3.63) is 53.1 Å². The second-order valence-corrected chi connectivity index (χ2v) is 10.7. The van der Waals surface area contributed by atoms with Crippen molar-refractivity contribution in [2.24, 2.45) is 0 Å². The van der Waals surface area contributed by atoms with Crippen molar-refractivity contribution >= 4 is 12.0 Å². The molecule has 1 aromatic rings. The molecular formula is C32H53N3O2. The zero-order valence-corrected chi connectivity index (χ0v) is 24.4. The Balaban J connectivity index is 2.14. The molecule has 208 valence electrons. The minimum absolute atomic E-state index is 0.418. The van der Waals surface area contributed by atoms with Crippen molar-refractivity contribution in [3.8, 4) is 0 Å². The van der Waals surface area contributed by atoms with Crippen molar-refractivity contribution < 1.29 is 9.53 Å². The number of unbranched alkanes of at least 4 members (excludes halogenated alkanes) is 1. The van der Waals surface area contributed by atoms with Gasteiger partial charge in [-0.05, 0) is 77.5 Å². The van der Waals surface area contributed by atoms with Gasteiger partial charge in [0.15, 0.2) is 0 Å². The molecule has 1 heterocycles. The Hall–Kier alpha value is -1.95. The average molecular weight is 512 g/mol. The Labute approximate surface area is 227 Å². The SMILES string of the molecule is C/C=C\CCN(CCN(CC=C(C)C)CCN1CCCC(OC)CC1)c1cc(C=O)ccc1CCCC. The van der Waals surface area contributed by atoms with Gasteiger partial charge in [0.05, 0.1) is 6.10 Å². The molecule has 0 aliphatic carbocycles. The van der Waals surface area contributed by atoms with E-state index in [-0.39, 0.29) is 0 Å². The first-order chi connectivity index (χ1) is 18.0. The van der Waals surface area contributed by atoms with Crippen LogP contribution in [0, 0.1) is 0 Å². The highest BCUT2D eigenvalue weighted by Gasteiger charge is 2.18. The molecular weight excluding hydrogens is 458 g/mol. The van der Waals surface area contributed by atoms with Crippen LogP contribution in [0.15, 0.2) is 42.0 Å². The van der Waals surface area contributed by atoms with Gasteiger partial charge in [-0.2, -0.15) is 0 Å². The normalized spacial score (nSPS) is 16.8. The summed E-state index contributed by atoms with van der Waals surface area (Å²) < 4.78 is 5.63. The number of carbonyl (C=O) groups is 1. The number of allylic oxidation sites excluding steroid dienone is 2. The van der Waals surface area contributed by atoms with E-state index in [9.17, 15) is 4.79 Å². The maximum absolute atomic E-state index is 11.6. The number of aryl methyl sites for hydroxylation is 1. The highest BCUT2D eigenvalue weighted by atomic mass is 16.5. The van der Waals surface area contributed by atoms with Gasteiger partial charge in [0.1, 0.15) is 6.29 Å². The predicted molar refractivity (Wildman–Crippen MR) is 159 cm³/mol. The zero-order chi connectivity index (χ0) is 26.9. The number of aldehydes is 1. The summed E-state index contributed by atoms with van der Waals surface area (Å²) in [5, 5.41) is 0. The molecule has 1 aliphatic rings. The quantitative estimate of drug-likeness (QED) is 0.179. The Bertz CT molecular complexity index is 831. The van der Waals surface area contributed by atoms with E-state index in [1.165, 1.54) is 49.1 Å². The number of ether oxygens (including phenoxy) is 1. The Morgan fingerprint density at radius 2 is 1.97 bits per heavy atom. The van der Waals surface area contributed by atoms with Crippen LogP contribution in [0.1, 0.15) is 82.1 Å². The number of rotatable bonds is 17. The fraction of sp³-hybridized carbons (Fsp3) is 0.656. The number of nitrogens with zero attached hydrogens (tertiary/aromatic N) is 3. The maximum atomic E-state index is 11.6. The Kier molecular flexibility index (Phi) is 15.5. The molecule has 1 fully saturated rings. The second kappa shape index (κ2) is 18.3. The number of methoxy groups -OCH3 is 1. The van der Waals surface area contributed by atoms with Crippen LogP contribution in [0.25, 0.3) is 0 Å². The topological polar surface area (TPSA) is 36.0 Å². The van der Waals surface area contributed by atoms with Gasteiger partial charge in [-0.1, -0.05) is 49.3 Å². The van der Waals surface area contributed by atoms with Crippen LogP contribution in [0.3, 0.4) is 0 Å². The number of hydrogen-bond acceptors (Lipinski definition) is 5. The van der Waals surface area contributed by atoms with Crippen LogP contribution in [-0.2, 0) is 11.2 Å². The first-order valence-corrected chi connectivity index (χ1v) is 14.6. The summed E-state index contributed by atoms with van der Waals surface area (Å²) in [5.74, 6) is 0. The fourth-order valence-electron chi connectivity index (χ4n) is 5.01. The van der Waals surface area contributed by atoms with Crippen molar-refractivity contribution in [2.45, 2.75) is 78.7 Å². The molecule has 1 aromatic carbocycles. The first-order valence-electron chi connectivity index (χ1n) is 14.6. The van der Waals surface area contributed by atoms with E-state index in [4.69, 9.17) is 4.74 Å². The van der Waals surface area contributed by atoms with Gasteiger partial charge < -0.3 is 14.5 Å². The number of carbonyl (C=O) groups excluding carboxylic acids is 1. The third-order valence-corrected chi connectivity index (χ3v) is 7.46. The largest absolute Gasteiger partial charge is 0.381 e. The van der Waals surface area contributed by atoms with Crippen LogP contribution in [0.5, 0.6) is 0 Å². The average Bonchev–Trinajstić information content (AvgIpc) is 3.15. The lowest BCUT2D eigenvalue weighted by Crippen LogP contribution is -2.40. The molecule has 0 spiro atoms. The molecule has 2 rings (SSSR count). The van der Waals surface area contributed by atoms with Crippen molar-refractivity contribution in [1.82, 2.24) is 9.80 Å². The third kappa shape index (κ3) is 12.0. The lowest BCUT2D eigenvalue weighted by molar-refractivity contribution is 0.0893. The predicted octanol–water partition coefficient (Wildman–Crippen LogP) is 6.38. The second-order valence-electron chi connectivity index (χ2n) is 10.7. The van der Waals surface area contributed by atoms with Crippen LogP contribution in [0.4, 0.5) is 5.69 Å². The molecule has 0 radical (unpaired) electrons. The molecule has 0 bridgehead atoms. The van der Waals surface area contributed by atoms with E-state index >= 15 is 0 Å². The smallest absolute Gasteiger partial charge is 0.150 e. The van der Waals surface area contributed by atoms with Gasteiger partial charge in [-0.3, -0.25) is 9.69 Å². The Morgan fingerprint density at radius 3 is 2.68 bits per heavy atom. The van der Waals surface area contributed by atoms with Crippen LogP contribution in [0.2, 0.25) is 0 Å². The number of hydrogen-bond donors (Lipinski definition) is 0. The van der Waals surface area contributed by atoms with Crippen LogP contribution >= 0.6 is 0 Å². The number of likely N-dealkylation sites (tertiary alicyclic amines) is 1. The lowest BCUT2D eigenvalue weighted by atomic mass is 10.0. The highest BCUT2D eigenvalue weighted by molar-refractivity contribution is 5.78. The number of anilines is 1. The van der Waals surface area contributed by atoms with E-state index in [0.29, 0.717) is 6.10 Å². The van der Waals surface area contributed by atoms with E-state index in [1.807, 2.05) is 13.2 Å². The van der Waals surface area contributed by atoms with Gasteiger partial charge in [0, 0.05) is 64.2 Å². The summed E-state index contributed by atoms with van der Waals surface area (Å²) in [7, 11) is 1.85. The summed E-state index contributed by atoms with van der Waals surface area (Å²) in [4.78, 5) is 19.4. The molecule has 0 saturated carbocycles. The van der Waals surface area contributed by atoms with Gasteiger partial charge in [0.25, 0.3) is 0 Å².